The highest BCUT2D eigenvalue weighted by Crippen LogP contribution is 2.32. The Morgan fingerprint density at radius 3 is 2.35 bits per heavy atom. The highest BCUT2D eigenvalue weighted by molar-refractivity contribution is 6.08. The second-order valence-electron chi connectivity index (χ2n) is 4.88. The first-order valence-corrected chi connectivity index (χ1v) is 6.53. The molecule has 0 unspecified atom stereocenters. The lowest BCUT2D eigenvalue weighted by molar-refractivity contribution is -0.384. The summed E-state index contributed by atoms with van der Waals surface area (Å²) in [4.78, 5) is 37.8. The summed E-state index contributed by atoms with van der Waals surface area (Å²) in [5.74, 6) is -2.14. The normalized spacial score (nSPS) is 10.3. The van der Waals surface area contributed by atoms with Crippen molar-refractivity contribution < 1.29 is 19.6 Å². The number of rotatable bonds is 4. The number of hydrogen-bond acceptors (Lipinski definition) is 5. The van der Waals surface area contributed by atoms with Crippen LogP contribution in [0.3, 0.4) is 0 Å². The standard InChI is InChI=1S/C15H13N3O5/c1-7-11(14(16)19)13(12(15(20)21)8(2)17-7)9-4-3-5-10(6-9)18(22)23/h3-6H,1-2H3,(H2,16,19)(H,20,21). The summed E-state index contributed by atoms with van der Waals surface area (Å²) < 4.78 is 0. The van der Waals surface area contributed by atoms with Gasteiger partial charge in [-0.05, 0) is 19.4 Å². The molecule has 0 radical (unpaired) electrons. The van der Waals surface area contributed by atoms with Crippen molar-refractivity contribution in [3.05, 3.63) is 56.9 Å². The number of aromatic nitrogens is 1. The first kappa shape index (κ1) is 16.1. The van der Waals surface area contributed by atoms with Crippen molar-refractivity contribution >= 4 is 17.6 Å². The number of benzene rings is 1. The summed E-state index contributed by atoms with van der Waals surface area (Å²) in [5.41, 5.74) is 5.60. The fraction of sp³-hybridized carbons (Fsp3) is 0.133. The molecule has 0 fully saturated rings. The molecule has 0 atom stereocenters. The zero-order chi connectivity index (χ0) is 17.3. The summed E-state index contributed by atoms with van der Waals surface area (Å²) in [7, 11) is 0. The van der Waals surface area contributed by atoms with Crippen molar-refractivity contribution in [3.63, 3.8) is 0 Å². The third-order valence-electron chi connectivity index (χ3n) is 3.36. The van der Waals surface area contributed by atoms with E-state index in [2.05, 4.69) is 4.98 Å². The quantitative estimate of drug-likeness (QED) is 0.654. The number of nitro groups is 1. The van der Waals surface area contributed by atoms with E-state index in [1.165, 1.54) is 38.1 Å². The van der Waals surface area contributed by atoms with Gasteiger partial charge in [-0.1, -0.05) is 12.1 Å². The van der Waals surface area contributed by atoms with Crippen molar-refractivity contribution in [2.75, 3.05) is 0 Å². The summed E-state index contributed by atoms with van der Waals surface area (Å²) >= 11 is 0. The predicted octanol–water partition coefficient (Wildman–Crippen LogP) is 2.07. The number of primary amides is 1. The van der Waals surface area contributed by atoms with Crippen molar-refractivity contribution in [2.45, 2.75) is 13.8 Å². The maximum absolute atomic E-state index is 11.8. The van der Waals surface area contributed by atoms with Crippen LogP contribution in [0.25, 0.3) is 11.1 Å². The summed E-state index contributed by atoms with van der Waals surface area (Å²) in [6.45, 7) is 3.02. The lowest BCUT2D eigenvalue weighted by atomic mass is 9.92. The van der Waals surface area contributed by atoms with Crippen LogP contribution in [0.15, 0.2) is 24.3 Å². The third-order valence-corrected chi connectivity index (χ3v) is 3.36. The zero-order valence-electron chi connectivity index (χ0n) is 12.4. The van der Waals surface area contributed by atoms with E-state index in [1.807, 2.05) is 0 Å². The molecule has 1 aromatic heterocycles. The molecule has 1 aromatic carbocycles. The van der Waals surface area contributed by atoms with Gasteiger partial charge < -0.3 is 10.8 Å². The molecule has 8 heteroatoms. The minimum atomic E-state index is -1.29. The molecule has 118 valence electrons. The van der Waals surface area contributed by atoms with Crippen LogP contribution < -0.4 is 5.73 Å². The van der Waals surface area contributed by atoms with Gasteiger partial charge in [-0.25, -0.2) is 4.79 Å². The van der Waals surface area contributed by atoms with Crippen LogP contribution >= 0.6 is 0 Å². The van der Waals surface area contributed by atoms with Gasteiger partial charge >= 0.3 is 5.97 Å². The second-order valence-corrected chi connectivity index (χ2v) is 4.88. The minimum absolute atomic E-state index is 0.0405. The number of carboxylic acid groups (broad SMARTS) is 1. The zero-order valence-corrected chi connectivity index (χ0v) is 12.4. The van der Waals surface area contributed by atoms with Gasteiger partial charge in [0.15, 0.2) is 0 Å². The van der Waals surface area contributed by atoms with Gasteiger partial charge in [-0.2, -0.15) is 0 Å². The van der Waals surface area contributed by atoms with Gasteiger partial charge in [0.25, 0.3) is 11.6 Å². The number of hydrogen-bond donors (Lipinski definition) is 2. The number of aryl methyl sites for hydroxylation is 2. The third kappa shape index (κ3) is 2.86. The summed E-state index contributed by atoms with van der Waals surface area (Å²) in [5, 5.41) is 20.4. The van der Waals surface area contributed by atoms with E-state index >= 15 is 0 Å². The molecule has 2 aromatic rings. The van der Waals surface area contributed by atoms with Crippen LogP contribution in [0.5, 0.6) is 0 Å². The number of aromatic carboxylic acids is 1. The Labute approximate surface area is 130 Å². The molecule has 2 rings (SSSR count). The maximum Gasteiger partial charge on any atom is 0.338 e. The van der Waals surface area contributed by atoms with E-state index in [4.69, 9.17) is 5.73 Å². The number of carbonyl (C=O) groups excluding carboxylic acids is 1. The lowest BCUT2D eigenvalue weighted by Crippen LogP contribution is -2.19. The van der Waals surface area contributed by atoms with E-state index in [-0.39, 0.29) is 39.3 Å². The highest BCUT2D eigenvalue weighted by atomic mass is 16.6. The van der Waals surface area contributed by atoms with Gasteiger partial charge in [-0.3, -0.25) is 19.9 Å². The fourth-order valence-electron chi connectivity index (χ4n) is 2.48. The predicted molar refractivity (Wildman–Crippen MR) is 81.3 cm³/mol. The van der Waals surface area contributed by atoms with Crippen LogP contribution in [-0.4, -0.2) is 26.9 Å². The Kier molecular flexibility index (Phi) is 4.08. The SMILES string of the molecule is Cc1nc(C)c(C(=O)O)c(-c2cccc([N+](=O)[O-])c2)c1C(N)=O. The minimum Gasteiger partial charge on any atom is -0.478 e. The van der Waals surface area contributed by atoms with E-state index in [0.29, 0.717) is 0 Å². The number of carboxylic acids is 1. The monoisotopic (exact) mass is 315 g/mol. The summed E-state index contributed by atoms with van der Waals surface area (Å²) in [6, 6.07) is 5.37. The number of non-ortho nitro benzene ring substituents is 1. The van der Waals surface area contributed by atoms with Gasteiger partial charge in [0, 0.05) is 17.7 Å². The first-order chi connectivity index (χ1) is 10.7. The molecule has 0 saturated carbocycles. The summed E-state index contributed by atoms with van der Waals surface area (Å²) in [6.07, 6.45) is 0. The van der Waals surface area contributed by atoms with E-state index in [0.717, 1.165) is 0 Å². The Morgan fingerprint density at radius 1 is 1.22 bits per heavy atom. The van der Waals surface area contributed by atoms with Gasteiger partial charge in [0.05, 0.1) is 27.4 Å². The van der Waals surface area contributed by atoms with Crippen molar-refractivity contribution in [1.82, 2.24) is 4.98 Å². The molecule has 0 aliphatic heterocycles. The van der Waals surface area contributed by atoms with Crippen LogP contribution in [-0.2, 0) is 0 Å². The number of nitro benzene ring substituents is 1. The Hall–Kier alpha value is -3.29. The molecule has 0 aliphatic rings. The van der Waals surface area contributed by atoms with Gasteiger partial charge in [-0.15, -0.1) is 0 Å². The maximum atomic E-state index is 11.8. The molecule has 0 saturated heterocycles. The fourth-order valence-corrected chi connectivity index (χ4v) is 2.48. The van der Waals surface area contributed by atoms with Crippen LogP contribution in [0, 0.1) is 24.0 Å². The van der Waals surface area contributed by atoms with Gasteiger partial charge in [0.1, 0.15) is 0 Å². The Bertz CT molecular complexity index is 807. The van der Waals surface area contributed by atoms with Crippen molar-refractivity contribution in [1.29, 1.82) is 0 Å². The molecule has 0 spiro atoms. The molecule has 3 N–H and O–H groups in total. The van der Waals surface area contributed by atoms with Crippen LogP contribution in [0.1, 0.15) is 32.1 Å². The molecule has 1 heterocycles. The number of amides is 1. The van der Waals surface area contributed by atoms with E-state index in [9.17, 15) is 24.8 Å². The lowest BCUT2D eigenvalue weighted by Gasteiger charge is -2.15. The molecule has 0 aliphatic carbocycles. The average Bonchev–Trinajstić information content (AvgIpc) is 2.45. The average molecular weight is 315 g/mol. The number of nitrogens with two attached hydrogens (primary N) is 1. The number of pyridine rings is 1. The largest absolute Gasteiger partial charge is 0.478 e. The number of nitrogens with zero attached hydrogens (tertiary/aromatic N) is 2. The van der Waals surface area contributed by atoms with Crippen LogP contribution in [0.2, 0.25) is 0 Å². The Morgan fingerprint density at radius 2 is 1.83 bits per heavy atom. The van der Waals surface area contributed by atoms with E-state index < -0.39 is 16.8 Å². The molecular formula is C15H13N3O5. The molecule has 8 nitrogen and oxygen atoms in total. The molecule has 0 bridgehead atoms. The van der Waals surface area contributed by atoms with Crippen molar-refractivity contribution in [3.8, 4) is 11.1 Å². The molecule has 23 heavy (non-hydrogen) atoms. The topological polar surface area (TPSA) is 136 Å². The van der Waals surface area contributed by atoms with Crippen molar-refractivity contribution in [2.24, 2.45) is 5.73 Å². The van der Waals surface area contributed by atoms with Gasteiger partial charge in [0.2, 0.25) is 0 Å². The smallest absolute Gasteiger partial charge is 0.338 e. The molecule has 1 amide bonds. The number of carbonyl (C=O) groups is 2. The first-order valence-electron chi connectivity index (χ1n) is 6.53. The Balaban J connectivity index is 2.93. The molecular weight excluding hydrogens is 302 g/mol. The second kappa shape index (κ2) is 5.84. The van der Waals surface area contributed by atoms with E-state index in [1.54, 1.807) is 0 Å². The highest BCUT2D eigenvalue weighted by Gasteiger charge is 2.25. The van der Waals surface area contributed by atoms with Crippen LogP contribution in [0.4, 0.5) is 5.69 Å².